The Morgan fingerprint density at radius 2 is 1.73 bits per heavy atom. The molecule has 6 nitrogen and oxygen atoms in total. The molecule has 2 aliphatic rings. The molecular weight excluding hydrogens is 412 g/mol. The number of carbonyl (C=O) groups is 1. The van der Waals surface area contributed by atoms with E-state index >= 15 is 0 Å². The fraction of sp³-hybridized carbons (Fsp3) is 0.333. The molecule has 0 bridgehead atoms. The average molecular weight is 439 g/mol. The van der Waals surface area contributed by atoms with E-state index in [0.29, 0.717) is 35.7 Å². The molecule has 1 saturated carbocycles. The fourth-order valence-electron chi connectivity index (χ4n) is 5.01. The Morgan fingerprint density at radius 1 is 0.939 bits per heavy atom. The van der Waals surface area contributed by atoms with Crippen LogP contribution >= 0.6 is 0 Å². The maximum Gasteiger partial charge on any atom is 0.230 e. The van der Waals surface area contributed by atoms with Gasteiger partial charge in [0.05, 0.1) is 5.52 Å². The Labute approximate surface area is 192 Å². The summed E-state index contributed by atoms with van der Waals surface area (Å²) in [5.74, 6) is 2.68. The van der Waals surface area contributed by atoms with Crippen LogP contribution < -0.4 is 0 Å². The van der Waals surface area contributed by atoms with Gasteiger partial charge in [0.15, 0.2) is 0 Å². The van der Waals surface area contributed by atoms with Crippen molar-refractivity contribution in [1.29, 1.82) is 0 Å². The van der Waals surface area contributed by atoms with Crippen LogP contribution in [0.5, 0.6) is 0 Å². The number of carbonyl (C=O) groups excluding carboxylic acids is 1. The second kappa shape index (κ2) is 8.43. The zero-order valence-corrected chi connectivity index (χ0v) is 18.4. The lowest BCUT2D eigenvalue weighted by atomic mass is 9.96. The van der Waals surface area contributed by atoms with E-state index in [-0.39, 0.29) is 11.8 Å². The van der Waals surface area contributed by atoms with Gasteiger partial charge in [-0.2, -0.15) is 4.98 Å². The Balaban J connectivity index is 1.05. The van der Waals surface area contributed by atoms with E-state index in [2.05, 4.69) is 39.4 Å². The number of pyridine rings is 1. The van der Waals surface area contributed by atoms with E-state index < -0.39 is 0 Å². The minimum atomic E-state index is 0.189. The lowest BCUT2D eigenvalue weighted by molar-refractivity contribution is -0.132. The zero-order valence-electron chi connectivity index (χ0n) is 18.4. The van der Waals surface area contributed by atoms with Gasteiger partial charge in [-0.05, 0) is 48.8 Å². The smallest absolute Gasteiger partial charge is 0.230 e. The maximum atomic E-state index is 12.8. The number of benzene rings is 2. The second-order valence-corrected chi connectivity index (χ2v) is 9.22. The molecular formula is C27H26N4O2. The van der Waals surface area contributed by atoms with Crippen molar-refractivity contribution in [3.63, 3.8) is 0 Å². The number of fused-ring (bicyclic) bond motifs is 1. The third kappa shape index (κ3) is 4.13. The molecule has 0 spiro atoms. The average Bonchev–Trinajstić information content (AvgIpc) is 3.46. The van der Waals surface area contributed by atoms with E-state index in [1.807, 2.05) is 47.4 Å². The number of likely N-dealkylation sites (tertiary alicyclic amines) is 1. The normalized spacial score (nSPS) is 20.8. The Bertz CT molecular complexity index is 1280. The van der Waals surface area contributed by atoms with Gasteiger partial charge in [0.25, 0.3) is 0 Å². The van der Waals surface area contributed by atoms with Crippen LogP contribution in [-0.4, -0.2) is 39.0 Å². The predicted molar refractivity (Wildman–Crippen MR) is 125 cm³/mol. The van der Waals surface area contributed by atoms with E-state index in [0.717, 1.165) is 43.3 Å². The first-order valence-corrected chi connectivity index (χ1v) is 11.8. The third-order valence-corrected chi connectivity index (χ3v) is 7.05. The summed E-state index contributed by atoms with van der Waals surface area (Å²) in [4.78, 5) is 24.1. The molecule has 6 rings (SSSR count). The standard InChI is InChI=1S/C27H26N4O2/c32-25(17-21-16-22(21)18-6-2-1-3-7-18)31-14-12-20(13-15-31)27-29-26(30-33-27)24-11-10-19-8-4-5-9-23(19)28-24/h1-11,20-22H,12-17H2. The predicted octanol–water partition coefficient (Wildman–Crippen LogP) is 5.18. The number of hydrogen-bond donors (Lipinski definition) is 0. The molecule has 33 heavy (non-hydrogen) atoms. The van der Waals surface area contributed by atoms with Gasteiger partial charge in [0.1, 0.15) is 5.69 Å². The Kier molecular flexibility index (Phi) is 5.13. The molecule has 2 fully saturated rings. The number of nitrogens with zero attached hydrogens (tertiary/aromatic N) is 4. The molecule has 1 aliphatic carbocycles. The van der Waals surface area contributed by atoms with E-state index in [1.165, 1.54) is 5.56 Å². The highest BCUT2D eigenvalue weighted by molar-refractivity contribution is 5.80. The van der Waals surface area contributed by atoms with Gasteiger partial charge >= 0.3 is 0 Å². The van der Waals surface area contributed by atoms with E-state index in [9.17, 15) is 4.79 Å². The fourth-order valence-corrected chi connectivity index (χ4v) is 5.01. The molecule has 3 heterocycles. The van der Waals surface area contributed by atoms with Crippen LogP contribution in [-0.2, 0) is 4.79 Å². The van der Waals surface area contributed by atoms with E-state index in [4.69, 9.17) is 4.52 Å². The number of piperidine rings is 1. The highest BCUT2D eigenvalue weighted by atomic mass is 16.5. The first-order chi connectivity index (χ1) is 16.2. The van der Waals surface area contributed by atoms with Crippen molar-refractivity contribution in [3.05, 3.63) is 78.2 Å². The van der Waals surface area contributed by atoms with Gasteiger partial charge < -0.3 is 9.42 Å². The highest BCUT2D eigenvalue weighted by Gasteiger charge is 2.40. The van der Waals surface area contributed by atoms with Crippen molar-refractivity contribution in [3.8, 4) is 11.5 Å². The molecule has 2 aromatic carbocycles. The van der Waals surface area contributed by atoms with Gasteiger partial charge in [-0.1, -0.05) is 59.8 Å². The van der Waals surface area contributed by atoms with Crippen molar-refractivity contribution in [2.24, 2.45) is 5.92 Å². The summed E-state index contributed by atoms with van der Waals surface area (Å²) in [7, 11) is 0. The summed E-state index contributed by atoms with van der Waals surface area (Å²) in [6.45, 7) is 1.50. The Morgan fingerprint density at radius 3 is 2.58 bits per heavy atom. The molecule has 166 valence electrons. The second-order valence-electron chi connectivity index (χ2n) is 9.22. The van der Waals surface area contributed by atoms with Gasteiger partial charge in [-0.3, -0.25) is 4.79 Å². The number of hydrogen-bond acceptors (Lipinski definition) is 5. The lowest BCUT2D eigenvalue weighted by Crippen LogP contribution is -2.38. The Hall–Kier alpha value is -3.54. The summed E-state index contributed by atoms with van der Waals surface area (Å²) in [6.07, 6.45) is 3.49. The minimum absolute atomic E-state index is 0.189. The molecule has 1 amide bonds. The SMILES string of the molecule is O=C(CC1CC1c1ccccc1)N1CCC(c2nc(-c3ccc4ccccc4n3)no2)CC1. The maximum absolute atomic E-state index is 12.8. The first-order valence-electron chi connectivity index (χ1n) is 11.8. The van der Waals surface area contributed by atoms with Crippen molar-refractivity contribution in [2.75, 3.05) is 13.1 Å². The van der Waals surface area contributed by atoms with Crippen LogP contribution in [0.25, 0.3) is 22.4 Å². The van der Waals surface area contributed by atoms with Crippen LogP contribution in [0, 0.1) is 5.92 Å². The van der Waals surface area contributed by atoms with Crippen LogP contribution in [0.15, 0.2) is 71.3 Å². The van der Waals surface area contributed by atoms with Crippen molar-refractivity contribution in [1.82, 2.24) is 20.0 Å². The van der Waals surface area contributed by atoms with Crippen LogP contribution in [0.2, 0.25) is 0 Å². The number of amides is 1. The molecule has 2 atom stereocenters. The van der Waals surface area contributed by atoms with Crippen LogP contribution in [0.3, 0.4) is 0 Å². The summed E-state index contributed by atoms with van der Waals surface area (Å²) in [5, 5.41) is 5.26. The molecule has 2 aromatic heterocycles. The molecule has 6 heteroatoms. The summed E-state index contributed by atoms with van der Waals surface area (Å²) in [6, 6.07) is 22.5. The van der Waals surface area contributed by atoms with Crippen molar-refractivity contribution >= 4 is 16.8 Å². The number of rotatable bonds is 5. The van der Waals surface area contributed by atoms with Gasteiger partial charge in [0.2, 0.25) is 17.6 Å². The number of aromatic nitrogens is 3. The molecule has 1 saturated heterocycles. The lowest BCUT2D eigenvalue weighted by Gasteiger charge is -2.30. The first kappa shape index (κ1) is 20.1. The van der Waals surface area contributed by atoms with Gasteiger partial charge in [0, 0.05) is 30.8 Å². The largest absolute Gasteiger partial charge is 0.343 e. The zero-order chi connectivity index (χ0) is 22.2. The van der Waals surface area contributed by atoms with Crippen molar-refractivity contribution in [2.45, 2.75) is 37.5 Å². The van der Waals surface area contributed by atoms with E-state index in [1.54, 1.807) is 0 Å². The third-order valence-electron chi connectivity index (χ3n) is 7.05. The highest BCUT2D eigenvalue weighted by Crippen LogP contribution is 2.49. The summed E-state index contributed by atoms with van der Waals surface area (Å²) in [5.41, 5.74) is 2.99. The molecule has 4 aromatic rings. The molecule has 0 radical (unpaired) electrons. The quantitative estimate of drug-likeness (QED) is 0.429. The molecule has 2 unspecified atom stereocenters. The van der Waals surface area contributed by atoms with Gasteiger partial charge in [-0.15, -0.1) is 0 Å². The molecule has 1 aliphatic heterocycles. The monoisotopic (exact) mass is 438 g/mol. The van der Waals surface area contributed by atoms with Crippen LogP contribution in [0.1, 0.15) is 49.0 Å². The molecule has 0 N–H and O–H groups in total. The summed E-state index contributed by atoms with van der Waals surface area (Å²) >= 11 is 0. The number of para-hydroxylation sites is 1. The van der Waals surface area contributed by atoms with Crippen LogP contribution in [0.4, 0.5) is 0 Å². The minimum Gasteiger partial charge on any atom is -0.343 e. The van der Waals surface area contributed by atoms with Crippen molar-refractivity contribution < 1.29 is 9.32 Å². The summed E-state index contributed by atoms with van der Waals surface area (Å²) < 4.78 is 5.60. The van der Waals surface area contributed by atoms with Gasteiger partial charge in [-0.25, -0.2) is 4.98 Å². The topological polar surface area (TPSA) is 72.1 Å².